The van der Waals surface area contributed by atoms with Crippen molar-refractivity contribution in [3.8, 4) is 11.8 Å². The molecule has 12 heteroatoms. The van der Waals surface area contributed by atoms with Gasteiger partial charge >= 0.3 is 0 Å². The number of nitriles is 1. The minimum absolute atomic E-state index is 0.0589. The Morgan fingerprint density at radius 2 is 2.02 bits per heavy atom. The number of amides is 2. The van der Waals surface area contributed by atoms with Crippen molar-refractivity contribution < 1.29 is 18.7 Å². The van der Waals surface area contributed by atoms with E-state index in [1.54, 1.807) is 22.9 Å². The third-order valence-electron chi connectivity index (χ3n) is 7.22. The number of pyridine rings is 1. The summed E-state index contributed by atoms with van der Waals surface area (Å²) in [5, 5.41) is 13.6. The molecule has 2 aromatic heterocycles. The molecule has 0 unspecified atom stereocenters. The van der Waals surface area contributed by atoms with Crippen molar-refractivity contribution in [1.82, 2.24) is 24.3 Å². The van der Waals surface area contributed by atoms with Crippen molar-refractivity contribution in [3.63, 3.8) is 0 Å². The number of piperidine rings is 1. The summed E-state index contributed by atoms with van der Waals surface area (Å²) in [7, 11) is 5.30. The van der Waals surface area contributed by atoms with Gasteiger partial charge in [-0.3, -0.25) is 14.6 Å². The summed E-state index contributed by atoms with van der Waals surface area (Å²) < 4.78 is 22.4. The van der Waals surface area contributed by atoms with Crippen molar-refractivity contribution >= 4 is 28.6 Å². The first kappa shape index (κ1) is 28.8. The number of nitrogens with zero attached hydrogens (tertiary/aromatic N) is 7. The van der Waals surface area contributed by atoms with Gasteiger partial charge < -0.3 is 25.2 Å². The fourth-order valence-electron chi connectivity index (χ4n) is 5.04. The highest BCUT2D eigenvalue weighted by molar-refractivity contribution is 6.22. The van der Waals surface area contributed by atoms with Crippen LogP contribution in [-0.4, -0.2) is 107 Å². The zero-order chi connectivity index (χ0) is 29.0. The smallest absolute Gasteiger partial charge is 0.264 e. The Morgan fingerprint density at radius 3 is 2.62 bits per heavy atom. The number of carbonyl (C=O) groups excluding carboxylic acids is 2. The number of ether oxygens (including phenoxy) is 1. The lowest BCUT2D eigenvalue weighted by Crippen LogP contribution is -2.68. The standard InChI is InChI=1S/C28H35FN8O3/c1-19(23(14-31)20-12-24(40-4)26-21(13-30)15-32-37(26)16-20)33-22-7-10-35(11-8-22)27(39)28(29)17-36(18-28)25(38)6-5-9-34(2)3/h5-6,12,14-16,22H,7-11,17-18,31H2,1-4H3/b6-5+,23-14+,33-19?. The van der Waals surface area contributed by atoms with E-state index in [1.807, 2.05) is 25.9 Å². The summed E-state index contributed by atoms with van der Waals surface area (Å²) >= 11 is 0. The molecule has 0 bridgehead atoms. The highest BCUT2D eigenvalue weighted by Gasteiger charge is 2.53. The van der Waals surface area contributed by atoms with E-state index < -0.39 is 11.6 Å². The number of alkyl halides is 1. The van der Waals surface area contributed by atoms with E-state index in [0.717, 1.165) is 5.56 Å². The molecule has 4 rings (SSSR count). The van der Waals surface area contributed by atoms with Crippen LogP contribution in [-0.2, 0) is 9.59 Å². The fourth-order valence-corrected chi connectivity index (χ4v) is 5.04. The molecular formula is C28H35FN8O3. The number of rotatable bonds is 8. The lowest BCUT2D eigenvalue weighted by Gasteiger charge is -2.45. The first-order valence-corrected chi connectivity index (χ1v) is 13.1. The molecule has 2 aromatic rings. The zero-order valence-electron chi connectivity index (χ0n) is 23.3. The average molecular weight is 551 g/mol. The van der Waals surface area contributed by atoms with E-state index in [9.17, 15) is 14.9 Å². The summed E-state index contributed by atoms with van der Waals surface area (Å²) in [6.45, 7) is 2.79. The number of carbonyl (C=O) groups is 2. The lowest BCUT2D eigenvalue weighted by atomic mass is 9.92. The van der Waals surface area contributed by atoms with Crippen LogP contribution >= 0.6 is 0 Å². The number of methoxy groups -OCH3 is 1. The molecule has 2 aliphatic rings. The van der Waals surface area contributed by atoms with E-state index in [2.05, 4.69) is 11.2 Å². The van der Waals surface area contributed by atoms with Crippen molar-refractivity contribution in [2.45, 2.75) is 31.5 Å². The molecule has 2 fully saturated rings. The van der Waals surface area contributed by atoms with Crippen LogP contribution < -0.4 is 10.5 Å². The monoisotopic (exact) mass is 550 g/mol. The summed E-state index contributed by atoms with van der Waals surface area (Å²) in [5.41, 5.74) is 7.05. The molecule has 0 atom stereocenters. The molecule has 4 heterocycles. The van der Waals surface area contributed by atoms with Crippen LogP contribution in [0.25, 0.3) is 11.1 Å². The molecule has 0 radical (unpaired) electrons. The molecular weight excluding hydrogens is 515 g/mol. The van der Waals surface area contributed by atoms with E-state index in [-0.39, 0.29) is 25.0 Å². The van der Waals surface area contributed by atoms with Crippen LogP contribution in [0.3, 0.4) is 0 Å². The third-order valence-corrected chi connectivity index (χ3v) is 7.22. The van der Waals surface area contributed by atoms with Crippen molar-refractivity contribution in [2.24, 2.45) is 10.7 Å². The Hall–Kier alpha value is -4.24. The molecule has 2 amide bonds. The minimum Gasteiger partial charge on any atom is -0.494 e. The first-order chi connectivity index (χ1) is 19.1. The maximum atomic E-state index is 15.3. The number of fused-ring (bicyclic) bond motifs is 1. The second kappa shape index (κ2) is 11.9. The van der Waals surface area contributed by atoms with Crippen molar-refractivity contribution in [3.05, 3.63) is 47.9 Å². The van der Waals surface area contributed by atoms with Gasteiger partial charge in [0.2, 0.25) is 11.6 Å². The van der Waals surface area contributed by atoms with Crippen LogP contribution in [0, 0.1) is 11.3 Å². The molecule has 2 aliphatic heterocycles. The van der Waals surface area contributed by atoms with Crippen LogP contribution in [0.4, 0.5) is 4.39 Å². The van der Waals surface area contributed by atoms with Crippen LogP contribution in [0.5, 0.6) is 5.75 Å². The summed E-state index contributed by atoms with van der Waals surface area (Å²) in [4.78, 5) is 34.8. The second-order valence-electron chi connectivity index (χ2n) is 10.4. The number of aliphatic imine (C=N–C) groups is 1. The Balaban J connectivity index is 1.36. The molecule has 212 valence electrons. The highest BCUT2D eigenvalue weighted by Crippen LogP contribution is 2.31. The van der Waals surface area contributed by atoms with E-state index in [0.29, 0.717) is 60.6 Å². The van der Waals surface area contributed by atoms with Crippen molar-refractivity contribution in [2.75, 3.05) is 53.9 Å². The average Bonchev–Trinajstić information content (AvgIpc) is 3.34. The second-order valence-corrected chi connectivity index (χ2v) is 10.4. The van der Waals surface area contributed by atoms with E-state index >= 15 is 4.39 Å². The van der Waals surface area contributed by atoms with Crippen LogP contribution in [0.15, 0.2) is 41.8 Å². The first-order valence-electron chi connectivity index (χ1n) is 13.1. The van der Waals surface area contributed by atoms with E-state index in [4.69, 9.17) is 15.5 Å². The number of hydrogen-bond acceptors (Lipinski definition) is 8. The summed E-state index contributed by atoms with van der Waals surface area (Å²) in [5.74, 6) is -0.358. The van der Waals surface area contributed by atoms with Gasteiger partial charge in [0.25, 0.3) is 5.91 Å². The SMILES string of the molecule is COc1cc(/C(=C/N)C(C)=NC2CCN(C(=O)C3(F)CN(C(=O)/C=C/CN(C)C)C3)CC2)cn2ncc(C#N)c12. The molecule has 0 saturated carbocycles. The predicted molar refractivity (Wildman–Crippen MR) is 149 cm³/mol. The largest absolute Gasteiger partial charge is 0.494 e. The van der Waals surface area contributed by atoms with Gasteiger partial charge in [-0.2, -0.15) is 10.4 Å². The Labute approximate surface area is 233 Å². The molecule has 11 nitrogen and oxygen atoms in total. The number of hydrogen-bond donors (Lipinski definition) is 1. The van der Waals surface area contributed by atoms with Gasteiger partial charge in [0.05, 0.1) is 32.4 Å². The van der Waals surface area contributed by atoms with Crippen molar-refractivity contribution in [1.29, 1.82) is 5.26 Å². The van der Waals surface area contributed by atoms with Crippen LogP contribution in [0.1, 0.15) is 30.9 Å². The van der Waals surface area contributed by atoms with Gasteiger partial charge in [0.15, 0.2) is 0 Å². The van der Waals surface area contributed by atoms with Gasteiger partial charge in [0, 0.05) is 55.0 Å². The normalized spacial score (nSPS) is 18.3. The molecule has 40 heavy (non-hydrogen) atoms. The molecule has 0 spiro atoms. The summed E-state index contributed by atoms with van der Waals surface area (Å²) in [6.07, 6.45) is 9.03. The fraction of sp³-hybridized carbons (Fsp3) is 0.464. The van der Waals surface area contributed by atoms with Gasteiger partial charge in [-0.25, -0.2) is 8.91 Å². The number of likely N-dealkylation sites (N-methyl/N-ethyl adjacent to an activating group) is 1. The highest BCUT2D eigenvalue weighted by atomic mass is 19.1. The minimum atomic E-state index is -2.04. The van der Waals surface area contributed by atoms with Gasteiger partial charge in [0.1, 0.15) is 22.9 Å². The Morgan fingerprint density at radius 1 is 1.32 bits per heavy atom. The maximum absolute atomic E-state index is 15.3. The lowest BCUT2D eigenvalue weighted by molar-refractivity contribution is -0.162. The molecule has 2 saturated heterocycles. The number of nitrogens with two attached hydrogens (primary N) is 1. The quantitative estimate of drug-likeness (QED) is 0.390. The number of allylic oxidation sites excluding steroid dienone is 1. The Bertz CT molecular complexity index is 1410. The Kier molecular flexibility index (Phi) is 8.54. The number of aromatic nitrogens is 2. The van der Waals surface area contributed by atoms with Gasteiger partial charge in [-0.15, -0.1) is 0 Å². The molecule has 2 N–H and O–H groups in total. The molecule has 0 aromatic carbocycles. The number of halogens is 1. The summed E-state index contributed by atoms with van der Waals surface area (Å²) in [6, 6.07) is 3.85. The van der Waals surface area contributed by atoms with Gasteiger partial charge in [-0.1, -0.05) is 6.08 Å². The third kappa shape index (κ3) is 5.84. The van der Waals surface area contributed by atoms with Crippen LogP contribution in [0.2, 0.25) is 0 Å². The van der Waals surface area contributed by atoms with E-state index in [1.165, 1.54) is 35.4 Å². The maximum Gasteiger partial charge on any atom is 0.264 e. The van der Waals surface area contributed by atoms with Gasteiger partial charge in [-0.05, 0) is 39.9 Å². The zero-order valence-corrected chi connectivity index (χ0v) is 23.3. The molecule has 0 aliphatic carbocycles. The predicted octanol–water partition coefficient (Wildman–Crippen LogP) is 1.63. The number of likely N-dealkylation sites (tertiary alicyclic amines) is 2. The topological polar surface area (TPSA) is 133 Å².